The Morgan fingerprint density at radius 2 is 1.61 bits per heavy atom. The van der Waals surface area contributed by atoms with E-state index in [0.717, 1.165) is 80.6 Å². The van der Waals surface area contributed by atoms with E-state index in [1.54, 1.807) is 0 Å². The summed E-state index contributed by atoms with van der Waals surface area (Å²) in [6.07, 6.45) is 10.3. The molecular weight excluding hydrogens is 414 g/mol. The first kappa shape index (κ1) is 21.2. The Hall–Kier alpha value is -2.37. The first-order valence-electron chi connectivity index (χ1n) is 13.0. The maximum absolute atomic E-state index is 13.8. The van der Waals surface area contributed by atoms with E-state index in [1.807, 2.05) is 34.1 Å². The maximum atomic E-state index is 13.8. The number of hydrogen-bond donors (Lipinski definition) is 1. The summed E-state index contributed by atoms with van der Waals surface area (Å²) in [5, 5.41) is 3.08. The van der Waals surface area contributed by atoms with E-state index < -0.39 is 0 Å². The minimum atomic E-state index is -0.327. The highest BCUT2D eigenvalue weighted by molar-refractivity contribution is 5.95. The summed E-state index contributed by atoms with van der Waals surface area (Å²) in [5.74, 6) is 2.63. The summed E-state index contributed by atoms with van der Waals surface area (Å²) < 4.78 is 0. The van der Waals surface area contributed by atoms with Crippen LogP contribution in [0.5, 0.6) is 0 Å². The third-order valence-corrected chi connectivity index (χ3v) is 9.10. The van der Waals surface area contributed by atoms with Crippen LogP contribution in [0.15, 0.2) is 24.3 Å². The van der Waals surface area contributed by atoms with Crippen molar-refractivity contribution in [3.05, 3.63) is 29.8 Å². The van der Waals surface area contributed by atoms with Gasteiger partial charge in [-0.3, -0.25) is 14.4 Å². The fourth-order valence-corrected chi connectivity index (χ4v) is 7.98. The van der Waals surface area contributed by atoms with Crippen molar-refractivity contribution in [1.82, 2.24) is 10.2 Å². The molecule has 1 N–H and O–H groups in total. The van der Waals surface area contributed by atoms with Crippen LogP contribution in [0.3, 0.4) is 0 Å². The highest BCUT2D eigenvalue weighted by Crippen LogP contribution is 2.60. The van der Waals surface area contributed by atoms with Gasteiger partial charge in [-0.2, -0.15) is 0 Å². The molecule has 1 aromatic carbocycles. The lowest BCUT2D eigenvalue weighted by molar-refractivity contribution is -0.160. The third kappa shape index (κ3) is 3.75. The van der Waals surface area contributed by atoms with E-state index >= 15 is 0 Å². The SMILES string of the molecule is O=C(NCc1ccc(N2CCCC2=O)cc1)[C@@H]1CCCN1C(=O)C12CC3CC(CC(C3)C1)C2. The van der Waals surface area contributed by atoms with Crippen LogP contribution in [0, 0.1) is 23.2 Å². The van der Waals surface area contributed by atoms with Gasteiger partial charge in [-0.05, 0) is 93.2 Å². The molecule has 0 radical (unpaired) electrons. The topological polar surface area (TPSA) is 69.7 Å². The summed E-state index contributed by atoms with van der Waals surface area (Å²) in [7, 11) is 0. The molecule has 3 amide bonds. The lowest BCUT2D eigenvalue weighted by Crippen LogP contribution is -2.57. The smallest absolute Gasteiger partial charge is 0.243 e. The van der Waals surface area contributed by atoms with Crippen molar-refractivity contribution in [2.24, 2.45) is 23.2 Å². The Labute approximate surface area is 196 Å². The monoisotopic (exact) mass is 449 g/mol. The second-order valence-corrected chi connectivity index (χ2v) is 11.4. The molecule has 6 nitrogen and oxygen atoms in total. The molecule has 0 aromatic heterocycles. The highest BCUT2D eigenvalue weighted by Gasteiger charge is 2.56. The Bertz CT molecular complexity index is 921. The summed E-state index contributed by atoms with van der Waals surface area (Å²) in [6.45, 7) is 1.95. The summed E-state index contributed by atoms with van der Waals surface area (Å²) in [4.78, 5) is 42.6. The van der Waals surface area contributed by atoms with Crippen LogP contribution in [0.25, 0.3) is 0 Å². The molecule has 0 spiro atoms. The number of nitrogens with zero attached hydrogens (tertiary/aromatic N) is 2. The normalized spacial score (nSPS) is 34.8. The maximum Gasteiger partial charge on any atom is 0.243 e. The van der Waals surface area contributed by atoms with E-state index in [0.29, 0.717) is 13.0 Å². The van der Waals surface area contributed by atoms with E-state index in [2.05, 4.69) is 5.32 Å². The number of amides is 3. The van der Waals surface area contributed by atoms with Crippen molar-refractivity contribution in [1.29, 1.82) is 0 Å². The molecule has 6 fully saturated rings. The lowest BCUT2D eigenvalue weighted by atomic mass is 9.49. The van der Waals surface area contributed by atoms with Crippen LogP contribution in [-0.2, 0) is 20.9 Å². The predicted molar refractivity (Wildman–Crippen MR) is 125 cm³/mol. The second kappa shape index (κ2) is 8.14. The van der Waals surface area contributed by atoms with Crippen molar-refractivity contribution in [2.75, 3.05) is 18.0 Å². The summed E-state index contributed by atoms with van der Waals surface area (Å²) in [5.41, 5.74) is 1.76. The van der Waals surface area contributed by atoms with Gasteiger partial charge < -0.3 is 15.1 Å². The molecule has 6 aliphatic rings. The number of likely N-dealkylation sites (tertiary alicyclic amines) is 1. The molecule has 4 saturated carbocycles. The average Bonchev–Trinajstić information content (AvgIpc) is 3.46. The van der Waals surface area contributed by atoms with Gasteiger partial charge in [-0.25, -0.2) is 0 Å². The molecule has 0 unspecified atom stereocenters. The summed E-state index contributed by atoms with van der Waals surface area (Å²) >= 11 is 0. The zero-order valence-corrected chi connectivity index (χ0v) is 19.4. The second-order valence-electron chi connectivity index (χ2n) is 11.4. The average molecular weight is 450 g/mol. The predicted octanol–water partition coefficient (Wildman–Crippen LogP) is 3.64. The molecule has 1 atom stereocenters. The minimum Gasteiger partial charge on any atom is -0.350 e. The fraction of sp³-hybridized carbons (Fsp3) is 0.667. The molecule has 33 heavy (non-hydrogen) atoms. The van der Waals surface area contributed by atoms with Gasteiger partial charge in [0.15, 0.2) is 0 Å². The number of rotatable bonds is 5. The van der Waals surface area contributed by atoms with E-state index in [4.69, 9.17) is 0 Å². The van der Waals surface area contributed by atoms with Gasteiger partial charge in [0, 0.05) is 31.7 Å². The first-order valence-corrected chi connectivity index (χ1v) is 13.0. The molecule has 2 aliphatic heterocycles. The van der Waals surface area contributed by atoms with Crippen molar-refractivity contribution >= 4 is 23.4 Å². The molecule has 6 heteroatoms. The molecule has 2 heterocycles. The number of nitrogens with one attached hydrogen (secondary N) is 1. The quantitative estimate of drug-likeness (QED) is 0.746. The molecule has 1 aromatic rings. The molecule has 4 aliphatic carbocycles. The molecule has 2 saturated heterocycles. The van der Waals surface area contributed by atoms with Crippen LogP contribution in [0.2, 0.25) is 0 Å². The molecule has 7 rings (SSSR count). The van der Waals surface area contributed by atoms with Crippen LogP contribution in [-0.4, -0.2) is 41.8 Å². The van der Waals surface area contributed by atoms with Crippen molar-refractivity contribution in [2.45, 2.75) is 76.8 Å². The Morgan fingerprint density at radius 3 is 2.21 bits per heavy atom. The van der Waals surface area contributed by atoms with E-state index in [-0.39, 0.29) is 29.2 Å². The van der Waals surface area contributed by atoms with Crippen LogP contribution < -0.4 is 10.2 Å². The van der Waals surface area contributed by atoms with Crippen LogP contribution in [0.4, 0.5) is 5.69 Å². The van der Waals surface area contributed by atoms with Gasteiger partial charge in [0.05, 0.1) is 5.41 Å². The fourth-order valence-electron chi connectivity index (χ4n) is 7.98. The lowest BCUT2D eigenvalue weighted by Gasteiger charge is -2.56. The number of carbonyl (C=O) groups excluding carboxylic acids is 3. The zero-order chi connectivity index (χ0) is 22.6. The number of anilines is 1. The van der Waals surface area contributed by atoms with E-state index in [9.17, 15) is 14.4 Å². The molecule has 176 valence electrons. The standard InChI is InChI=1S/C27H35N3O3/c31-24-4-2-9-29(24)22-7-5-18(6-8-22)17-28-25(32)23-3-1-10-30(23)26(33)27-14-19-11-20(15-27)13-21(12-19)16-27/h5-8,19-21,23H,1-4,9-17H2,(H,28,32)/t19?,20?,21?,23-,27?/m0/s1. The highest BCUT2D eigenvalue weighted by atomic mass is 16.2. The van der Waals surface area contributed by atoms with Gasteiger partial charge in [0.25, 0.3) is 0 Å². The zero-order valence-electron chi connectivity index (χ0n) is 19.4. The van der Waals surface area contributed by atoms with Crippen molar-refractivity contribution in [3.63, 3.8) is 0 Å². The van der Waals surface area contributed by atoms with E-state index in [1.165, 1.54) is 19.3 Å². The van der Waals surface area contributed by atoms with Gasteiger partial charge in [0.1, 0.15) is 6.04 Å². The molecule has 4 bridgehead atoms. The Balaban J connectivity index is 1.09. The van der Waals surface area contributed by atoms with Gasteiger partial charge in [-0.15, -0.1) is 0 Å². The number of benzene rings is 1. The van der Waals surface area contributed by atoms with Crippen molar-refractivity contribution < 1.29 is 14.4 Å². The minimum absolute atomic E-state index is 0.0237. The molecular formula is C27H35N3O3. The Morgan fingerprint density at radius 1 is 0.939 bits per heavy atom. The van der Waals surface area contributed by atoms with Crippen molar-refractivity contribution in [3.8, 4) is 0 Å². The van der Waals surface area contributed by atoms with Crippen LogP contribution >= 0.6 is 0 Å². The number of carbonyl (C=O) groups is 3. The van der Waals surface area contributed by atoms with Crippen LogP contribution in [0.1, 0.15) is 69.8 Å². The largest absolute Gasteiger partial charge is 0.350 e. The Kier molecular flexibility index (Phi) is 5.22. The summed E-state index contributed by atoms with van der Waals surface area (Å²) in [6, 6.07) is 7.56. The third-order valence-electron chi connectivity index (χ3n) is 9.10. The van der Waals surface area contributed by atoms with Gasteiger partial charge >= 0.3 is 0 Å². The number of hydrogen-bond acceptors (Lipinski definition) is 3. The van der Waals surface area contributed by atoms with Gasteiger partial charge in [-0.1, -0.05) is 12.1 Å². The first-order chi connectivity index (χ1) is 16.0. The van der Waals surface area contributed by atoms with Gasteiger partial charge in [0.2, 0.25) is 17.7 Å².